The van der Waals surface area contributed by atoms with Crippen molar-refractivity contribution in [2.45, 2.75) is 10.6 Å². The van der Waals surface area contributed by atoms with Crippen LogP contribution in [-0.4, -0.2) is 5.51 Å². The predicted octanol–water partition coefficient (Wildman–Crippen LogP) is 5.71. The van der Waals surface area contributed by atoms with E-state index < -0.39 is 5.51 Å². The third-order valence-corrected chi connectivity index (χ3v) is 3.48. The van der Waals surface area contributed by atoms with Crippen molar-refractivity contribution in [1.82, 2.24) is 0 Å². The fourth-order valence-corrected chi connectivity index (χ4v) is 2.48. The number of hydrogen-bond donors (Lipinski definition) is 0. The number of fused-ring (bicyclic) bond motifs is 1. The first-order valence-electron chi connectivity index (χ1n) is 5.86. The fourth-order valence-electron chi connectivity index (χ4n) is 1.99. The van der Waals surface area contributed by atoms with E-state index in [2.05, 4.69) is 0 Å². The van der Waals surface area contributed by atoms with Gasteiger partial charge in [0.25, 0.3) is 0 Å². The molecule has 0 unspecified atom stereocenters. The molecule has 1 heterocycles. The van der Waals surface area contributed by atoms with Crippen molar-refractivity contribution in [3.8, 4) is 11.3 Å². The topological polar surface area (TPSA) is 13.1 Å². The van der Waals surface area contributed by atoms with Crippen LogP contribution in [0.3, 0.4) is 0 Å². The number of rotatable bonds is 2. The third kappa shape index (κ3) is 2.82. The summed E-state index contributed by atoms with van der Waals surface area (Å²) in [5, 5.41) is 1.94. The van der Waals surface area contributed by atoms with Crippen molar-refractivity contribution < 1.29 is 17.6 Å². The van der Waals surface area contributed by atoms with Gasteiger partial charge in [0.15, 0.2) is 5.09 Å². The average Bonchev–Trinajstić information content (AvgIpc) is 2.84. The summed E-state index contributed by atoms with van der Waals surface area (Å²) in [5.74, 6) is 0.433. The zero-order valence-corrected chi connectivity index (χ0v) is 11.0. The van der Waals surface area contributed by atoms with Crippen LogP contribution in [0.4, 0.5) is 13.2 Å². The summed E-state index contributed by atoms with van der Waals surface area (Å²) >= 11 is -0.247. The van der Waals surface area contributed by atoms with Crippen LogP contribution >= 0.6 is 11.8 Å². The number of thioether (sulfide) groups is 1. The summed E-state index contributed by atoms with van der Waals surface area (Å²) in [4.78, 5) is 0. The number of halogens is 3. The molecule has 0 bridgehead atoms. The van der Waals surface area contributed by atoms with Gasteiger partial charge in [0.2, 0.25) is 0 Å². The lowest BCUT2D eigenvalue weighted by Crippen LogP contribution is -1.97. The Morgan fingerprint density at radius 3 is 2.35 bits per heavy atom. The van der Waals surface area contributed by atoms with E-state index in [0.717, 1.165) is 16.3 Å². The molecule has 0 aliphatic carbocycles. The summed E-state index contributed by atoms with van der Waals surface area (Å²) in [7, 11) is 0. The van der Waals surface area contributed by atoms with Gasteiger partial charge in [-0.1, -0.05) is 36.4 Å². The fraction of sp³-hybridized carbons (Fsp3) is 0.0667. The third-order valence-electron chi connectivity index (χ3n) is 2.83. The van der Waals surface area contributed by atoms with Gasteiger partial charge in [-0.05, 0) is 29.0 Å². The molecule has 0 spiro atoms. The van der Waals surface area contributed by atoms with Gasteiger partial charge in [-0.2, -0.15) is 13.2 Å². The van der Waals surface area contributed by atoms with Crippen LogP contribution in [0.25, 0.3) is 22.1 Å². The molecule has 102 valence electrons. The van der Waals surface area contributed by atoms with Gasteiger partial charge in [-0.15, -0.1) is 0 Å². The predicted molar refractivity (Wildman–Crippen MR) is 73.6 cm³/mol. The quantitative estimate of drug-likeness (QED) is 0.561. The van der Waals surface area contributed by atoms with Gasteiger partial charge in [0.1, 0.15) is 5.76 Å². The summed E-state index contributed by atoms with van der Waals surface area (Å²) in [6.45, 7) is 0. The molecule has 0 radical (unpaired) electrons. The van der Waals surface area contributed by atoms with Crippen molar-refractivity contribution in [3.05, 3.63) is 54.6 Å². The lowest BCUT2D eigenvalue weighted by Gasteiger charge is -2.02. The minimum Gasteiger partial charge on any atom is -0.450 e. The van der Waals surface area contributed by atoms with Crippen LogP contribution in [0.5, 0.6) is 0 Å². The first-order chi connectivity index (χ1) is 9.51. The minimum atomic E-state index is -4.33. The van der Waals surface area contributed by atoms with Crippen molar-refractivity contribution >= 4 is 22.5 Å². The Labute approximate surface area is 117 Å². The molecule has 3 rings (SSSR count). The van der Waals surface area contributed by atoms with E-state index in [-0.39, 0.29) is 16.9 Å². The molecule has 5 heteroatoms. The lowest BCUT2D eigenvalue weighted by atomic mass is 10.1. The molecule has 0 atom stereocenters. The standard InChI is InChI=1S/C15H9F3OS/c16-15(17,18)20-14-8-7-13(19-14)12-6-5-10-3-1-2-4-11(10)9-12/h1-9H. The lowest BCUT2D eigenvalue weighted by molar-refractivity contribution is -0.0334. The molecule has 1 nitrogen and oxygen atoms in total. The molecule has 0 N–H and O–H groups in total. The van der Waals surface area contributed by atoms with Crippen LogP contribution in [0, 0.1) is 0 Å². The Hall–Kier alpha value is -1.88. The second-order valence-corrected chi connectivity index (χ2v) is 5.30. The van der Waals surface area contributed by atoms with E-state index >= 15 is 0 Å². The van der Waals surface area contributed by atoms with E-state index in [1.54, 1.807) is 6.07 Å². The summed E-state index contributed by atoms with van der Waals surface area (Å²) < 4.78 is 42.0. The average molecular weight is 294 g/mol. The molecule has 0 aliphatic heterocycles. The molecule has 0 saturated carbocycles. The number of furan rings is 1. The molecular weight excluding hydrogens is 285 g/mol. The molecule has 0 aliphatic rings. The summed E-state index contributed by atoms with van der Waals surface area (Å²) in [6.07, 6.45) is 0. The van der Waals surface area contributed by atoms with Crippen LogP contribution in [0.2, 0.25) is 0 Å². The van der Waals surface area contributed by atoms with Crippen LogP contribution in [0.1, 0.15) is 0 Å². The van der Waals surface area contributed by atoms with Crippen LogP contribution < -0.4 is 0 Å². The van der Waals surface area contributed by atoms with Gasteiger partial charge in [-0.25, -0.2) is 0 Å². The number of alkyl halides is 3. The summed E-state index contributed by atoms with van der Waals surface area (Å²) in [6, 6.07) is 16.3. The largest absolute Gasteiger partial charge is 0.450 e. The second kappa shape index (κ2) is 4.90. The maximum atomic E-state index is 12.3. The molecule has 20 heavy (non-hydrogen) atoms. The first-order valence-corrected chi connectivity index (χ1v) is 6.68. The molecule has 0 amide bonds. The van der Waals surface area contributed by atoms with Gasteiger partial charge >= 0.3 is 5.51 Å². The van der Waals surface area contributed by atoms with Gasteiger partial charge in [0.05, 0.1) is 0 Å². The van der Waals surface area contributed by atoms with E-state index in [1.807, 2.05) is 42.5 Å². The molecule has 3 aromatic rings. The molecule has 0 saturated heterocycles. The van der Waals surface area contributed by atoms with Crippen LogP contribution in [0.15, 0.2) is 64.1 Å². The van der Waals surface area contributed by atoms with Crippen molar-refractivity contribution in [3.63, 3.8) is 0 Å². The van der Waals surface area contributed by atoms with E-state index in [0.29, 0.717) is 5.76 Å². The van der Waals surface area contributed by atoms with Crippen molar-refractivity contribution in [2.24, 2.45) is 0 Å². The molecular formula is C15H9F3OS. The molecule has 0 fully saturated rings. The monoisotopic (exact) mass is 294 g/mol. The normalized spacial score (nSPS) is 11.9. The van der Waals surface area contributed by atoms with Crippen LogP contribution in [-0.2, 0) is 0 Å². The van der Waals surface area contributed by atoms with E-state index in [1.165, 1.54) is 6.07 Å². The smallest absolute Gasteiger partial charge is 0.449 e. The Morgan fingerprint density at radius 2 is 1.60 bits per heavy atom. The second-order valence-electron chi connectivity index (χ2n) is 4.23. The van der Waals surface area contributed by atoms with Crippen molar-refractivity contribution in [2.75, 3.05) is 0 Å². The molecule has 1 aromatic heterocycles. The van der Waals surface area contributed by atoms with E-state index in [9.17, 15) is 13.2 Å². The zero-order valence-electron chi connectivity index (χ0n) is 10.1. The van der Waals surface area contributed by atoms with Gasteiger partial charge < -0.3 is 4.42 Å². The van der Waals surface area contributed by atoms with Crippen molar-refractivity contribution in [1.29, 1.82) is 0 Å². The maximum absolute atomic E-state index is 12.3. The highest BCUT2D eigenvalue weighted by atomic mass is 32.2. The van der Waals surface area contributed by atoms with Gasteiger partial charge in [-0.3, -0.25) is 0 Å². The highest BCUT2D eigenvalue weighted by Gasteiger charge is 2.31. The Balaban J connectivity index is 1.95. The summed E-state index contributed by atoms with van der Waals surface area (Å²) in [5.41, 5.74) is -3.57. The minimum absolute atomic E-state index is 0.152. The first kappa shape index (κ1) is 13.1. The SMILES string of the molecule is FC(F)(F)Sc1ccc(-c2ccc3ccccc3c2)o1. The Kier molecular flexibility index (Phi) is 3.22. The number of hydrogen-bond acceptors (Lipinski definition) is 2. The zero-order chi connectivity index (χ0) is 14.2. The molecule has 2 aromatic carbocycles. The number of benzene rings is 2. The maximum Gasteiger partial charge on any atom is 0.449 e. The van der Waals surface area contributed by atoms with E-state index in [4.69, 9.17) is 4.42 Å². The van der Waals surface area contributed by atoms with Gasteiger partial charge in [0, 0.05) is 17.3 Å². The Bertz CT molecular complexity index is 746. The highest BCUT2D eigenvalue weighted by molar-refractivity contribution is 8.00. The highest BCUT2D eigenvalue weighted by Crippen LogP contribution is 2.39. The Morgan fingerprint density at radius 1 is 0.850 bits per heavy atom.